The number of hydrogen-bond donors (Lipinski definition) is 0. The summed E-state index contributed by atoms with van der Waals surface area (Å²) in [6.07, 6.45) is 1.22. The van der Waals surface area contributed by atoms with Crippen molar-refractivity contribution in [2.75, 3.05) is 26.5 Å². The number of benzene rings is 1. The van der Waals surface area contributed by atoms with E-state index in [0.717, 1.165) is 0 Å². The van der Waals surface area contributed by atoms with Gasteiger partial charge in [0.05, 0.1) is 30.3 Å². The Labute approximate surface area is 147 Å². The van der Waals surface area contributed by atoms with Crippen LogP contribution in [0, 0.1) is 10.1 Å². The van der Waals surface area contributed by atoms with E-state index in [-0.39, 0.29) is 36.1 Å². The van der Waals surface area contributed by atoms with Gasteiger partial charge in [-0.3, -0.25) is 19.2 Å². The minimum atomic E-state index is -3.95. The Morgan fingerprint density at radius 3 is 2.08 bits per heavy atom. The molecular weight excluding hydrogens is 368 g/mol. The van der Waals surface area contributed by atoms with E-state index in [0.29, 0.717) is 0 Å². The number of para-hydroxylation sites is 1. The molecule has 0 radical (unpaired) electrons. The van der Waals surface area contributed by atoms with Gasteiger partial charge in [-0.1, -0.05) is 12.1 Å². The summed E-state index contributed by atoms with van der Waals surface area (Å²) in [5, 5.41) is 11.0. The monoisotopic (exact) mass is 391 g/mol. The summed E-state index contributed by atoms with van der Waals surface area (Å²) in [5.74, 6) is 0. The van der Waals surface area contributed by atoms with E-state index >= 15 is 0 Å². The minimum absolute atomic E-state index is 0.0532. The molecule has 1 aromatic rings. The van der Waals surface area contributed by atoms with E-state index < -0.39 is 19.9 Å². The highest BCUT2D eigenvalue weighted by molar-refractivity contribution is 7.81. The van der Waals surface area contributed by atoms with Crippen molar-refractivity contribution in [2.24, 2.45) is 0 Å². The summed E-state index contributed by atoms with van der Waals surface area (Å²) in [4.78, 5) is 10.7. The van der Waals surface area contributed by atoms with Crippen LogP contribution in [0.15, 0.2) is 29.3 Å². The minimum Gasteiger partial charge on any atom is -0.326 e. The lowest BCUT2D eigenvalue weighted by molar-refractivity contribution is -0.385. The van der Waals surface area contributed by atoms with Gasteiger partial charge in [-0.25, -0.2) is 0 Å². The van der Waals surface area contributed by atoms with Crippen LogP contribution in [0.5, 0.6) is 0 Å². The van der Waals surface area contributed by atoms with Crippen molar-refractivity contribution in [2.45, 2.75) is 20.8 Å². The lowest BCUT2D eigenvalue weighted by Gasteiger charge is -2.24. The van der Waals surface area contributed by atoms with Crippen molar-refractivity contribution in [1.29, 1.82) is 0 Å². The molecule has 0 spiro atoms. The Morgan fingerprint density at radius 2 is 1.60 bits per heavy atom. The van der Waals surface area contributed by atoms with E-state index in [4.69, 9.17) is 13.6 Å². The topological polar surface area (TPSA) is 105 Å². The van der Waals surface area contributed by atoms with Gasteiger partial charge in [-0.05, 0) is 32.9 Å². The summed E-state index contributed by atoms with van der Waals surface area (Å²) in [7, 11) is -7.52. The first-order chi connectivity index (χ1) is 11.7. The molecule has 1 atom stereocenters. The molecule has 1 unspecified atom stereocenters. The van der Waals surface area contributed by atoms with Crippen molar-refractivity contribution in [3.05, 3.63) is 45.0 Å². The first kappa shape index (κ1) is 21.7. The van der Waals surface area contributed by atoms with E-state index in [2.05, 4.69) is 0 Å². The van der Waals surface area contributed by atoms with E-state index in [1.165, 1.54) is 30.9 Å². The van der Waals surface area contributed by atoms with Crippen LogP contribution in [-0.4, -0.2) is 31.4 Å². The predicted octanol–water partition coefficient (Wildman–Crippen LogP) is 5.10. The molecule has 25 heavy (non-hydrogen) atoms. The number of nitro groups is 1. The fourth-order valence-corrected chi connectivity index (χ4v) is 6.77. The molecule has 0 aromatic heterocycles. The van der Waals surface area contributed by atoms with Crippen molar-refractivity contribution < 1.29 is 27.6 Å². The highest BCUT2D eigenvalue weighted by Gasteiger charge is 2.41. The van der Waals surface area contributed by atoms with Crippen LogP contribution in [-0.2, 0) is 22.7 Å². The van der Waals surface area contributed by atoms with E-state index in [1.807, 2.05) is 0 Å². The fraction of sp³-hybridized carbons (Fsp3) is 0.467. The summed E-state index contributed by atoms with van der Waals surface area (Å²) in [6, 6.07) is 5.86. The smallest absolute Gasteiger partial charge is 0.326 e. The molecule has 0 amide bonds. The quantitative estimate of drug-likeness (QED) is 0.310. The Kier molecular flexibility index (Phi) is 8.19. The van der Waals surface area contributed by atoms with Crippen molar-refractivity contribution in [3.8, 4) is 0 Å². The highest BCUT2D eigenvalue weighted by atomic mass is 31.2. The maximum atomic E-state index is 13.2. The number of rotatable bonds is 10. The molecule has 0 saturated carbocycles. The SMILES string of the molecule is CCOP(C)(=O)/C(=C\c1ccccc1[N+](=O)[O-])P(=O)(OCC)OCC. The van der Waals surface area contributed by atoms with Crippen molar-refractivity contribution in [1.82, 2.24) is 0 Å². The van der Waals surface area contributed by atoms with E-state index in [1.54, 1.807) is 26.8 Å². The molecule has 1 aromatic carbocycles. The van der Waals surface area contributed by atoms with Gasteiger partial charge in [0.1, 0.15) is 5.06 Å². The molecular formula is C15H23NO7P2. The maximum Gasteiger partial charge on any atom is 0.367 e. The molecule has 0 N–H and O–H groups in total. The van der Waals surface area contributed by atoms with Crippen LogP contribution in [0.25, 0.3) is 6.08 Å². The van der Waals surface area contributed by atoms with Gasteiger partial charge in [0.25, 0.3) is 5.69 Å². The van der Waals surface area contributed by atoms with Crippen molar-refractivity contribution in [3.63, 3.8) is 0 Å². The second kappa shape index (κ2) is 9.41. The fourth-order valence-electron chi connectivity index (χ4n) is 2.16. The molecule has 0 aliphatic heterocycles. The second-order valence-electron chi connectivity index (χ2n) is 4.92. The van der Waals surface area contributed by atoms with Crippen LogP contribution in [0.3, 0.4) is 0 Å². The van der Waals surface area contributed by atoms with Gasteiger partial charge >= 0.3 is 7.60 Å². The molecule has 0 fully saturated rings. The average molecular weight is 391 g/mol. The Bertz CT molecular complexity index is 722. The first-order valence-corrected chi connectivity index (χ1v) is 11.4. The summed E-state index contributed by atoms with van der Waals surface area (Å²) >= 11 is 0. The maximum absolute atomic E-state index is 13.2. The average Bonchev–Trinajstić information content (AvgIpc) is 2.53. The summed E-state index contributed by atoms with van der Waals surface area (Å²) in [5.41, 5.74) is -0.0695. The van der Waals surface area contributed by atoms with Gasteiger partial charge < -0.3 is 13.6 Å². The molecule has 8 nitrogen and oxygen atoms in total. The lowest BCUT2D eigenvalue weighted by Crippen LogP contribution is -2.02. The second-order valence-corrected chi connectivity index (χ2v) is 9.69. The lowest BCUT2D eigenvalue weighted by atomic mass is 10.2. The van der Waals surface area contributed by atoms with Gasteiger partial charge in [0.15, 0.2) is 0 Å². The van der Waals surface area contributed by atoms with Gasteiger partial charge in [-0.2, -0.15) is 0 Å². The molecule has 0 heterocycles. The molecule has 0 bridgehead atoms. The summed E-state index contributed by atoms with van der Waals surface area (Å²) < 4.78 is 42.0. The van der Waals surface area contributed by atoms with Gasteiger partial charge in [-0.15, -0.1) is 0 Å². The number of hydrogen-bond acceptors (Lipinski definition) is 7. The Balaban J connectivity index is 3.65. The molecule has 0 saturated heterocycles. The van der Waals surface area contributed by atoms with Crippen LogP contribution in [0.1, 0.15) is 26.3 Å². The third-order valence-corrected chi connectivity index (χ3v) is 8.51. The first-order valence-electron chi connectivity index (χ1n) is 7.79. The third-order valence-electron chi connectivity index (χ3n) is 3.09. The highest BCUT2D eigenvalue weighted by Crippen LogP contribution is 2.72. The van der Waals surface area contributed by atoms with Gasteiger partial charge in [0, 0.05) is 12.7 Å². The van der Waals surface area contributed by atoms with Gasteiger partial charge in [0.2, 0.25) is 7.37 Å². The standard InChI is InChI=1S/C15H23NO7P2/c1-5-21-24(4,19)15(25(20,22-6-2)23-7-3)12-13-10-8-9-11-14(13)16(17)18/h8-12H,5-7H2,1-4H3/b15-12+. The third kappa shape index (κ3) is 5.59. The molecule has 1 rings (SSSR count). The summed E-state index contributed by atoms with van der Waals surface area (Å²) in [6.45, 7) is 6.40. The molecule has 140 valence electrons. The Morgan fingerprint density at radius 1 is 1.08 bits per heavy atom. The predicted molar refractivity (Wildman–Crippen MR) is 97.1 cm³/mol. The zero-order valence-electron chi connectivity index (χ0n) is 14.7. The van der Waals surface area contributed by atoms with E-state index in [9.17, 15) is 19.2 Å². The molecule has 0 aliphatic rings. The van der Waals surface area contributed by atoms with Crippen LogP contribution >= 0.6 is 15.0 Å². The molecule has 0 aliphatic carbocycles. The zero-order chi connectivity index (χ0) is 19.1. The van der Waals surface area contributed by atoms with Crippen molar-refractivity contribution >= 4 is 26.7 Å². The number of nitrogens with zero attached hydrogens (tertiary/aromatic N) is 1. The molecule has 10 heteroatoms. The zero-order valence-corrected chi connectivity index (χ0v) is 16.5. The van der Waals surface area contributed by atoms with Crippen LogP contribution in [0.2, 0.25) is 0 Å². The van der Waals surface area contributed by atoms with Crippen LogP contribution < -0.4 is 0 Å². The normalized spacial score (nSPS) is 15.0. The number of nitro benzene ring substituents is 1. The van der Waals surface area contributed by atoms with Crippen LogP contribution in [0.4, 0.5) is 5.69 Å². The largest absolute Gasteiger partial charge is 0.367 e. The Hall–Kier alpha value is -1.30.